The Balaban J connectivity index is 1.74. The molecule has 4 rings (SSSR count). The largest absolute Gasteiger partial charge is 0.349 e. The van der Waals surface area contributed by atoms with Crippen LogP contribution in [0.25, 0.3) is 16.8 Å². The van der Waals surface area contributed by atoms with Gasteiger partial charge in [0, 0.05) is 17.7 Å². The summed E-state index contributed by atoms with van der Waals surface area (Å²) in [5.74, 6) is 0.637. The Kier molecular flexibility index (Phi) is 4.50. The zero-order valence-corrected chi connectivity index (χ0v) is 15.7. The Bertz CT molecular complexity index is 1260. The summed E-state index contributed by atoms with van der Waals surface area (Å²) in [5, 5.41) is 16.1. The molecule has 0 radical (unpaired) electrons. The second-order valence-corrected chi connectivity index (χ2v) is 6.66. The van der Waals surface area contributed by atoms with E-state index >= 15 is 0 Å². The van der Waals surface area contributed by atoms with E-state index in [9.17, 15) is 10.1 Å². The lowest BCUT2D eigenvalue weighted by molar-refractivity contribution is 0.870. The minimum atomic E-state index is -0.271. The van der Waals surface area contributed by atoms with Crippen LogP contribution in [0.15, 0.2) is 53.3 Å². The molecule has 0 atom stereocenters. The van der Waals surface area contributed by atoms with E-state index in [4.69, 9.17) is 0 Å². The van der Waals surface area contributed by atoms with Gasteiger partial charge in [-0.25, -0.2) is 19.3 Å². The standard InChI is InChI=1S/C22H19N5O/c1-3-20-19(21-25-26-22(28)27(21)14(2)24-20)12-15-8-10-16(11-9-15)18-7-5-4-6-17(18)13-23/h4-11H,3,12H2,1-2H3,(H,26,28). The van der Waals surface area contributed by atoms with Gasteiger partial charge in [-0.05, 0) is 36.1 Å². The van der Waals surface area contributed by atoms with Crippen molar-refractivity contribution in [3.8, 4) is 17.2 Å². The van der Waals surface area contributed by atoms with Gasteiger partial charge >= 0.3 is 5.69 Å². The molecule has 0 unspecified atom stereocenters. The van der Waals surface area contributed by atoms with Crippen molar-refractivity contribution in [2.75, 3.05) is 0 Å². The SMILES string of the molecule is CCc1nc(C)n2c(=O)[nH]nc2c1Cc1ccc(-c2ccccc2C#N)cc1. The van der Waals surface area contributed by atoms with Crippen LogP contribution in [0.2, 0.25) is 0 Å². The summed E-state index contributed by atoms with van der Waals surface area (Å²) in [7, 11) is 0. The highest BCUT2D eigenvalue weighted by Crippen LogP contribution is 2.25. The van der Waals surface area contributed by atoms with Crippen LogP contribution in [-0.2, 0) is 12.8 Å². The molecule has 28 heavy (non-hydrogen) atoms. The molecule has 4 aromatic rings. The summed E-state index contributed by atoms with van der Waals surface area (Å²) in [6.45, 7) is 3.86. The van der Waals surface area contributed by atoms with E-state index in [0.29, 0.717) is 23.5 Å². The summed E-state index contributed by atoms with van der Waals surface area (Å²) in [4.78, 5) is 16.6. The third kappa shape index (κ3) is 2.97. The number of nitrogens with zero attached hydrogens (tertiary/aromatic N) is 4. The van der Waals surface area contributed by atoms with Crippen LogP contribution in [0, 0.1) is 18.3 Å². The minimum absolute atomic E-state index is 0.271. The Hall–Kier alpha value is -3.72. The predicted octanol–water partition coefficient (Wildman–Crippen LogP) is 3.42. The number of aromatic nitrogens is 4. The molecule has 0 saturated heterocycles. The molecular weight excluding hydrogens is 350 g/mol. The molecule has 6 nitrogen and oxygen atoms in total. The lowest BCUT2D eigenvalue weighted by Crippen LogP contribution is -2.16. The van der Waals surface area contributed by atoms with Crippen LogP contribution in [0.5, 0.6) is 0 Å². The third-order valence-electron chi connectivity index (χ3n) is 4.94. The van der Waals surface area contributed by atoms with E-state index in [0.717, 1.165) is 34.4 Å². The summed E-state index contributed by atoms with van der Waals surface area (Å²) in [6, 6.07) is 17.9. The fourth-order valence-electron chi connectivity index (χ4n) is 3.55. The van der Waals surface area contributed by atoms with Gasteiger partial charge in [-0.15, -0.1) is 0 Å². The lowest BCUT2D eigenvalue weighted by Gasteiger charge is -2.11. The molecule has 2 aromatic heterocycles. The van der Waals surface area contributed by atoms with E-state index in [1.54, 1.807) is 0 Å². The molecule has 0 bridgehead atoms. The molecule has 2 heterocycles. The Morgan fingerprint density at radius 1 is 1.14 bits per heavy atom. The fraction of sp³-hybridized carbons (Fsp3) is 0.182. The van der Waals surface area contributed by atoms with E-state index in [-0.39, 0.29) is 5.69 Å². The fourth-order valence-corrected chi connectivity index (χ4v) is 3.55. The maximum absolute atomic E-state index is 12.0. The normalized spacial score (nSPS) is 10.9. The zero-order valence-electron chi connectivity index (χ0n) is 15.7. The first-order chi connectivity index (χ1) is 13.6. The van der Waals surface area contributed by atoms with Crippen molar-refractivity contribution in [3.05, 3.63) is 87.2 Å². The molecule has 2 aromatic carbocycles. The topological polar surface area (TPSA) is 86.8 Å². The number of benzene rings is 2. The number of H-pyrrole nitrogens is 1. The second-order valence-electron chi connectivity index (χ2n) is 6.66. The molecule has 1 N–H and O–H groups in total. The first-order valence-electron chi connectivity index (χ1n) is 9.16. The van der Waals surface area contributed by atoms with Crippen LogP contribution in [0.4, 0.5) is 0 Å². The number of nitriles is 1. The Morgan fingerprint density at radius 3 is 2.61 bits per heavy atom. The van der Waals surface area contributed by atoms with Crippen molar-refractivity contribution < 1.29 is 0 Å². The molecular formula is C22H19N5O. The van der Waals surface area contributed by atoms with Crippen LogP contribution >= 0.6 is 0 Å². The minimum Gasteiger partial charge on any atom is -0.246 e. The molecule has 0 amide bonds. The van der Waals surface area contributed by atoms with E-state index < -0.39 is 0 Å². The number of rotatable bonds is 4. The molecule has 6 heteroatoms. The number of hydrogen-bond acceptors (Lipinski definition) is 4. The molecule has 0 aliphatic heterocycles. The summed E-state index contributed by atoms with van der Waals surface area (Å²) in [5.41, 5.74) is 5.93. The van der Waals surface area contributed by atoms with Crippen LogP contribution in [0.1, 0.15) is 35.1 Å². The Morgan fingerprint density at radius 2 is 1.89 bits per heavy atom. The highest BCUT2D eigenvalue weighted by atomic mass is 16.1. The third-order valence-corrected chi connectivity index (χ3v) is 4.94. The molecule has 0 saturated carbocycles. The van der Waals surface area contributed by atoms with E-state index in [2.05, 4.69) is 28.2 Å². The van der Waals surface area contributed by atoms with Crippen LogP contribution in [-0.4, -0.2) is 19.6 Å². The van der Waals surface area contributed by atoms with Crippen molar-refractivity contribution in [2.45, 2.75) is 26.7 Å². The quantitative estimate of drug-likeness (QED) is 0.597. The number of nitrogens with one attached hydrogen (secondary N) is 1. The summed E-state index contributed by atoms with van der Waals surface area (Å²) < 4.78 is 1.52. The molecule has 0 aliphatic rings. The van der Waals surface area contributed by atoms with E-state index in [1.165, 1.54) is 4.40 Å². The molecule has 0 aliphatic carbocycles. The van der Waals surface area contributed by atoms with Gasteiger partial charge in [-0.2, -0.15) is 10.4 Å². The highest BCUT2D eigenvalue weighted by Gasteiger charge is 2.15. The predicted molar refractivity (Wildman–Crippen MR) is 107 cm³/mol. The molecule has 138 valence electrons. The first kappa shape index (κ1) is 17.7. The van der Waals surface area contributed by atoms with Gasteiger partial charge in [0.2, 0.25) is 0 Å². The number of aromatic amines is 1. The van der Waals surface area contributed by atoms with Gasteiger partial charge in [0.05, 0.1) is 11.6 Å². The molecule has 0 spiro atoms. The summed E-state index contributed by atoms with van der Waals surface area (Å²) >= 11 is 0. The van der Waals surface area contributed by atoms with Gasteiger partial charge < -0.3 is 0 Å². The van der Waals surface area contributed by atoms with Gasteiger partial charge in [0.15, 0.2) is 5.65 Å². The zero-order chi connectivity index (χ0) is 19.7. The van der Waals surface area contributed by atoms with Crippen molar-refractivity contribution in [3.63, 3.8) is 0 Å². The van der Waals surface area contributed by atoms with Crippen molar-refractivity contribution in [2.24, 2.45) is 0 Å². The average Bonchev–Trinajstić information content (AvgIpc) is 3.12. The smallest absolute Gasteiger partial charge is 0.246 e. The average molecular weight is 369 g/mol. The van der Waals surface area contributed by atoms with Crippen LogP contribution in [0.3, 0.4) is 0 Å². The maximum atomic E-state index is 12.0. The number of hydrogen-bond donors (Lipinski definition) is 1. The van der Waals surface area contributed by atoms with Gasteiger partial charge in [-0.1, -0.05) is 49.4 Å². The van der Waals surface area contributed by atoms with Gasteiger partial charge in [-0.3, -0.25) is 0 Å². The first-order valence-corrected chi connectivity index (χ1v) is 9.16. The van der Waals surface area contributed by atoms with E-state index in [1.807, 2.05) is 55.5 Å². The second kappa shape index (κ2) is 7.12. The van der Waals surface area contributed by atoms with Gasteiger partial charge in [0.25, 0.3) is 0 Å². The summed E-state index contributed by atoms with van der Waals surface area (Å²) in [6.07, 6.45) is 1.39. The van der Waals surface area contributed by atoms with Crippen LogP contribution < -0.4 is 5.69 Å². The lowest BCUT2D eigenvalue weighted by atomic mass is 9.97. The number of fused-ring (bicyclic) bond motifs is 1. The van der Waals surface area contributed by atoms with Crippen molar-refractivity contribution in [1.29, 1.82) is 5.26 Å². The monoisotopic (exact) mass is 369 g/mol. The number of aryl methyl sites for hydroxylation is 2. The molecule has 0 fully saturated rings. The Labute approximate surface area is 162 Å². The van der Waals surface area contributed by atoms with Gasteiger partial charge in [0.1, 0.15) is 5.82 Å². The van der Waals surface area contributed by atoms with Crippen molar-refractivity contribution in [1.82, 2.24) is 19.6 Å². The highest BCUT2D eigenvalue weighted by molar-refractivity contribution is 5.70. The maximum Gasteiger partial charge on any atom is 0.349 e. The van der Waals surface area contributed by atoms with Crippen molar-refractivity contribution >= 4 is 5.65 Å².